The molecule has 138 valence electrons. The number of halogens is 4. The zero-order valence-electron chi connectivity index (χ0n) is 13.8. The van der Waals surface area contributed by atoms with E-state index in [0.717, 1.165) is 21.7 Å². The van der Waals surface area contributed by atoms with E-state index in [2.05, 4.69) is 31.2 Å². The van der Waals surface area contributed by atoms with Gasteiger partial charge in [-0.05, 0) is 41.5 Å². The van der Waals surface area contributed by atoms with Gasteiger partial charge in [0.25, 0.3) is 0 Å². The van der Waals surface area contributed by atoms with Gasteiger partial charge in [-0.25, -0.2) is 0 Å². The zero-order valence-corrected chi connectivity index (χ0v) is 15.4. The molecule has 3 aromatic rings. The smallest absolute Gasteiger partial charge is 0.311 e. The maximum absolute atomic E-state index is 13.3. The highest BCUT2D eigenvalue weighted by Crippen LogP contribution is 2.45. The quantitative estimate of drug-likeness (QED) is 0.636. The first kappa shape index (κ1) is 18.1. The van der Waals surface area contributed by atoms with E-state index in [4.69, 9.17) is 5.73 Å². The van der Waals surface area contributed by atoms with Crippen LogP contribution in [0.2, 0.25) is 0 Å². The normalized spacial score (nSPS) is 21.9. The molecule has 0 aliphatic carbocycles. The van der Waals surface area contributed by atoms with Crippen molar-refractivity contribution in [3.8, 4) is 0 Å². The van der Waals surface area contributed by atoms with Crippen LogP contribution >= 0.6 is 15.9 Å². The monoisotopic (exact) mass is 434 g/mol. The molecule has 0 spiro atoms. The molecule has 8 heteroatoms. The first-order valence-electron chi connectivity index (χ1n) is 8.11. The lowest BCUT2D eigenvalue weighted by Crippen LogP contribution is -2.42. The largest absolute Gasteiger partial charge is 0.433 e. The van der Waals surface area contributed by atoms with E-state index in [-0.39, 0.29) is 0 Å². The van der Waals surface area contributed by atoms with E-state index in [1.165, 1.54) is 6.20 Å². The van der Waals surface area contributed by atoms with Crippen LogP contribution in [0.3, 0.4) is 0 Å². The Bertz CT molecular complexity index is 1010. The number of aromatic nitrogens is 2. The molecule has 0 bridgehead atoms. The van der Waals surface area contributed by atoms with Gasteiger partial charge in [0.05, 0.1) is 11.2 Å². The Kier molecular flexibility index (Phi) is 4.29. The minimum atomic E-state index is -4.55. The number of nitrogens with two attached hydrogens (primary N) is 1. The fourth-order valence-electron chi connectivity index (χ4n) is 3.55. The van der Waals surface area contributed by atoms with Gasteiger partial charge in [0.15, 0.2) is 0 Å². The molecule has 2 aromatic heterocycles. The van der Waals surface area contributed by atoms with Gasteiger partial charge < -0.3 is 5.73 Å². The molecule has 4 rings (SSSR count). The van der Waals surface area contributed by atoms with Crippen molar-refractivity contribution < 1.29 is 13.2 Å². The van der Waals surface area contributed by atoms with Crippen LogP contribution in [0.25, 0.3) is 0 Å². The Balaban J connectivity index is 2.03. The number of rotatable bonds is 2. The summed E-state index contributed by atoms with van der Waals surface area (Å²) in [6.07, 6.45) is -2.39. The first-order chi connectivity index (χ1) is 12.8. The third-order valence-electron chi connectivity index (χ3n) is 4.65. The van der Waals surface area contributed by atoms with Crippen molar-refractivity contribution in [1.29, 1.82) is 0 Å². The van der Waals surface area contributed by atoms with Crippen molar-refractivity contribution in [3.05, 3.63) is 93.5 Å². The summed E-state index contributed by atoms with van der Waals surface area (Å²) in [5.74, 6) is 0. The van der Waals surface area contributed by atoms with Crippen molar-refractivity contribution in [2.45, 2.75) is 17.9 Å². The van der Waals surface area contributed by atoms with E-state index in [0.29, 0.717) is 11.3 Å². The minimum Gasteiger partial charge on any atom is -0.311 e. The molecule has 0 amide bonds. The van der Waals surface area contributed by atoms with Crippen LogP contribution in [0.5, 0.6) is 0 Å². The lowest BCUT2D eigenvalue weighted by Gasteiger charge is -2.33. The number of hydrogen-bond acceptors (Lipinski definition) is 4. The fourth-order valence-corrected chi connectivity index (χ4v) is 3.95. The van der Waals surface area contributed by atoms with Crippen LogP contribution in [-0.4, -0.2) is 9.97 Å². The summed E-state index contributed by atoms with van der Waals surface area (Å²) in [7, 11) is 0. The average molecular weight is 435 g/mol. The second kappa shape index (κ2) is 6.40. The molecule has 1 aromatic carbocycles. The van der Waals surface area contributed by atoms with Crippen molar-refractivity contribution in [3.63, 3.8) is 0 Å². The highest BCUT2D eigenvalue weighted by molar-refractivity contribution is 9.10. The third kappa shape index (κ3) is 2.93. The third-order valence-corrected chi connectivity index (χ3v) is 5.14. The Labute approximate surface area is 161 Å². The maximum atomic E-state index is 13.3. The van der Waals surface area contributed by atoms with E-state index in [1.54, 1.807) is 18.3 Å². The summed E-state index contributed by atoms with van der Waals surface area (Å²) in [5.41, 5.74) is 6.66. The average Bonchev–Trinajstić information content (AvgIpc) is 2.95. The van der Waals surface area contributed by atoms with Crippen LogP contribution in [0.4, 0.5) is 13.2 Å². The van der Waals surface area contributed by atoms with E-state index < -0.39 is 23.6 Å². The number of benzene rings is 1. The summed E-state index contributed by atoms with van der Waals surface area (Å²) in [6.45, 7) is 0. The molecule has 2 atom stereocenters. The number of fused-ring (bicyclic) bond motifs is 1. The first-order valence-corrected chi connectivity index (χ1v) is 8.90. The SMILES string of the molecule is NC1NC(c2cccc(Br)c2)(c2ccnc(C(F)(F)F)c2)c2cccnc21. The summed E-state index contributed by atoms with van der Waals surface area (Å²) in [6, 6.07) is 13.6. The van der Waals surface area contributed by atoms with Crippen molar-refractivity contribution in [1.82, 2.24) is 15.3 Å². The van der Waals surface area contributed by atoms with Gasteiger partial charge in [-0.1, -0.05) is 34.1 Å². The van der Waals surface area contributed by atoms with Crippen molar-refractivity contribution in [2.24, 2.45) is 5.73 Å². The van der Waals surface area contributed by atoms with Gasteiger partial charge in [0, 0.05) is 22.4 Å². The number of nitrogens with one attached hydrogen (secondary N) is 1. The standard InChI is InChI=1S/C19H14BrF3N4/c20-13-4-1-3-11(9-13)18(12-6-8-25-15(10-12)19(21,22)23)14-5-2-7-26-16(14)17(24)27-18/h1-10,17,27H,24H2. The molecule has 0 saturated carbocycles. The highest BCUT2D eigenvalue weighted by Gasteiger charge is 2.47. The van der Waals surface area contributed by atoms with E-state index >= 15 is 0 Å². The molecular formula is C19H14BrF3N4. The maximum Gasteiger partial charge on any atom is 0.433 e. The van der Waals surface area contributed by atoms with Crippen molar-refractivity contribution >= 4 is 15.9 Å². The van der Waals surface area contributed by atoms with Gasteiger partial charge in [0.1, 0.15) is 11.9 Å². The van der Waals surface area contributed by atoms with Gasteiger partial charge in [-0.3, -0.25) is 15.3 Å². The van der Waals surface area contributed by atoms with Gasteiger partial charge in [-0.15, -0.1) is 0 Å². The highest BCUT2D eigenvalue weighted by atomic mass is 79.9. The van der Waals surface area contributed by atoms with Crippen LogP contribution in [0.15, 0.2) is 65.4 Å². The number of hydrogen-bond donors (Lipinski definition) is 2. The number of alkyl halides is 3. The lowest BCUT2D eigenvalue weighted by atomic mass is 9.79. The predicted octanol–water partition coefficient (Wildman–Crippen LogP) is 4.11. The molecule has 0 radical (unpaired) electrons. The van der Waals surface area contributed by atoms with E-state index in [1.807, 2.05) is 30.3 Å². The molecule has 3 heterocycles. The summed E-state index contributed by atoms with van der Waals surface area (Å²) < 4.78 is 40.7. The number of pyridine rings is 2. The molecule has 0 saturated heterocycles. The number of nitrogens with zero attached hydrogens (tertiary/aromatic N) is 2. The molecule has 2 unspecified atom stereocenters. The zero-order chi connectivity index (χ0) is 19.2. The Morgan fingerprint density at radius 2 is 1.78 bits per heavy atom. The minimum absolute atomic E-state index is 0.394. The summed E-state index contributed by atoms with van der Waals surface area (Å²) >= 11 is 3.44. The van der Waals surface area contributed by atoms with E-state index in [9.17, 15) is 13.2 Å². The van der Waals surface area contributed by atoms with Crippen LogP contribution in [0, 0.1) is 0 Å². The molecule has 4 nitrogen and oxygen atoms in total. The van der Waals surface area contributed by atoms with Crippen LogP contribution in [0.1, 0.15) is 34.2 Å². The molecule has 27 heavy (non-hydrogen) atoms. The van der Waals surface area contributed by atoms with Crippen LogP contribution in [-0.2, 0) is 11.7 Å². The Hall–Kier alpha value is -2.29. The molecule has 1 aliphatic rings. The van der Waals surface area contributed by atoms with Gasteiger partial charge in [-0.2, -0.15) is 13.2 Å². The lowest BCUT2D eigenvalue weighted by molar-refractivity contribution is -0.141. The van der Waals surface area contributed by atoms with Crippen LogP contribution < -0.4 is 11.1 Å². The summed E-state index contributed by atoms with van der Waals surface area (Å²) in [4.78, 5) is 7.83. The fraction of sp³-hybridized carbons (Fsp3) is 0.158. The summed E-state index contributed by atoms with van der Waals surface area (Å²) in [5, 5.41) is 3.27. The topological polar surface area (TPSA) is 63.8 Å². The molecule has 0 fully saturated rings. The Morgan fingerprint density at radius 1 is 1.00 bits per heavy atom. The molecule has 1 aliphatic heterocycles. The van der Waals surface area contributed by atoms with Crippen molar-refractivity contribution in [2.75, 3.05) is 0 Å². The Morgan fingerprint density at radius 3 is 2.52 bits per heavy atom. The van der Waals surface area contributed by atoms with Gasteiger partial charge >= 0.3 is 6.18 Å². The molecular weight excluding hydrogens is 421 g/mol. The van der Waals surface area contributed by atoms with Gasteiger partial charge in [0.2, 0.25) is 0 Å². The second-order valence-corrected chi connectivity index (χ2v) is 7.16. The molecule has 3 N–H and O–H groups in total. The predicted molar refractivity (Wildman–Crippen MR) is 97.6 cm³/mol. The second-order valence-electron chi connectivity index (χ2n) is 6.25.